The monoisotopic (exact) mass is 511 g/mol. The minimum Gasteiger partial charge on any atom is -0.495 e. The van der Waals surface area contributed by atoms with Gasteiger partial charge in [-0.15, -0.1) is 12.6 Å². The number of halogens is 1. The van der Waals surface area contributed by atoms with Crippen molar-refractivity contribution in [3.8, 4) is 22.6 Å². The molecule has 0 spiro atoms. The number of hydrogen-bond donors (Lipinski definition) is 2. The molecule has 5 nitrogen and oxygen atoms in total. The first-order valence-electron chi connectivity index (χ1n) is 11.5. The van der Waals surface area contributed by atoms with Gasteiger partial charge in [-0.05, 0) is 72.2 Å². The molecule has 0 saturated heterocycles. The topological polar surface area (TPSA) is 56.8 Å². The third-order valence-corrected chi connectivity index (χ3v) is 5.73. The lowest BCUT2D eigenvalue weighted by atomic mass is 10.0. The number of thiol groups is 1. The fraction of sp³-hybridized carbons (Fsp3) is 0.250. The summed E-state index contributed by atoms with van der Waals surface area (Å²) in [6, 6.07) is 18.7. The summed E-state index contributed by atoms with van der Waals surface area (Å²) in [6.45, 7) is 3.98. The summed E-state index contributed by atoms with van der Waals surface area (Å²) in [5.41, 5.74) is 3.24. The van der Waals surface area contributed by atoms with Crippen LogP contribution in [0.25, 0.3) is 17.2 Å². The molecule has 3 aromatic carbocycles. The number of carbonyl (C=O) groups is 1. The molecule has 0 bridgehead atoms. The molecule has 0 aliphatic carbocycles. The molecule has 0 radical (unpaired) electrons. The zero-order valence-corrected chi connectivity index (χ0v) is 21.6. The Hall–Kier alpha value is -2.93. The lowest BCUT2D eigenvalue weighted by molar-refractivity contribution is -0.111. The minimum atomic E-state index is -0.263. The fourth-order valence-electron chi connectivity index (χ4n) is 3.33. The summed E-state index contributed by atoms with van der Waals surface area (Å²) in [4.78, 5) is 13.2. The van der Waals surface area contributed by atoms with Gasteiger partial charge in [-0.2, -0.15) is 0 Å². The Balaban J connectivity index is 1.68. The van der Waals surface area contributed by atoms with E-state index in [2.05, 4.69) is 24.9 Å². The molecule has 0 saturated carbocycles. The second kappa shape index (κ2) is 13.8. The van der Waals surface area contributed by atoms with E-state index >= 15 is 0 Å². The second-order valence-corrected chi connectivity index (χ2v) is 8.71. The number of methoxy groups -OCH3 is 1. The molecule has 1 amide bonds. The van der Waals surface area contributed by atoms with E-state index in [0.717, 1.165) is 41.2 Å². The molecule has 0 aliphatic heterocycles. The number of amides is 1. The molecule has 184 valence electrons. The molecule has 3 rings (SSSR count). The van der Waals surface area contributed by atoms with Crippen molar-refractivity contribution >= 4 is 41.9 Å². The lowest BCUT2D eigenvalue weighted by Gasteiger charge is -2.12. The normalized spacial score (nSPS) is 11.0. The van der Waals surface area contributed by atoms with Crippen LogP contribution in [-0.4, -0.2) is 32.8 Å². The molecule has 0 heterocycles. The third-order valence-electron chi connectivity index (χ3n) is 5.15. The Morgan fingerprint density at radius 1 is 1.00 bits per heavy atom. The van der Waals surface area contributed by atoms with E-state index in [0.29, 0.717) is 35.2 Å². The van der Waals surface area contributed by atoms with Gasteiger partial charge in [0.05, 0.1) is 18.7 Å². The van der Waals surface area contributed by atoms with Crippen molar-refractivity contribution in [3.63, 3.8) is 0 Å². The van der Waals surface area contributed by atoms with Crippen LogP contribution in [-0.2, 0) is 9.53 Å². The Kier molecular flexibility index (Phi) is 10.5. The Morgan fingerprint density at radius 2 is 1.74 bits per heavy atom. The van der Waals surface area contributed by atoms with Crippen LogP contribution in [0.1, 0.15) is 25.3 Å². The van der Waals surface area contributed by atoms with E-state index in [1.807, 2.05) is 48.5 Å². The largest absolute Gasteiger partial charge is 0.495 e. The van der Waals surface area contributed by atoms with Crippen molar-refractivity contribution < 1.29 is 19.0 Å². The van der Waals surface area contributed by atoms with E-state index in [1.54, 1.807) is 25.3 Å². The average molecular weight is 512 g/mol. The van der Waals surface area contributed by atoms with Gasteiger partial charge in [-0.3, -0.25) is 4.79 Å². The quantitative estimate of drug-likeness (QED) is 0.154. The maximum atomic E-state index is 12.4. The number of rotatable bonds is 12. The van der Waals surface area contributed by atoms with Gasteiger partial charge in [-0.1, -0.05) is 37.1 Å². The summed E-state index contributed by atoms with van der Waals surface area (Å²) < 4.78 is 16.7. The highest BCUT2D eigenvalue weighted by Crippen LogP contribution is 2.35. The third kappa shape index (κ3) is 8.35. The highest BCUT2D eigenvalue weighted by molar-refractivity contribution is 7.80. The first-order chi connectivity index (χ1) is 17.0. The van der Waals surface area contributed by atoms with Gasteiger partial charge in [0.15, 0.2) is 0 Å². The predicted octanol–water partition coefficient (Wildman–Crippen LogP) is 7.15. The summed E-state index contributed by atoms with van der Waals surface area (Å²) >= 11 is 10.7. The molecule has 1 N–H and O–H groups in total. The SMILES string of the molecule is CCCCOCCOc1ccc(-c2cc(Cl)c(OC)c(/C=C/C(=O)Nc3ccc(S)cc3)c2)cc1. The van der Waals surface area contributed by atoms with E-state index in [1.165, 1.54) is 6.08 Å². The van der Waals surface area contributed by atoms with Gasteiger partial charge < -0.3 is 19.5 Å². The van der Waals surface area contributed by atoms with Crippen molar-refractivity contribution in [2.24, 2.45) is 0 Å². The Bertz CT molecular complexity index is 1130. The van der Waals surface area contributed by atoms with Crippen LogP contribution < -0.4 is 14.8 Å². The number of hydrogen-bond acceptors (Lipinski definition) is 5. The molecule has 0 aliphatic rings. The van der Waals surface area contributed by atoms with Crippen molar-refractivity contribution in [1.29, 1.82) is 0 Å². The van der Waals surface area contributed by atoms with Crippen molar-refractivity contribution in [1.82, 2.24) is 0 Å². The summed E-state index contributed by atoms with van der Waals surface area (Å²) in [7, 11) is 1.55. The minimum absolute atomic E-state index is 0.263. The first kappa shape index (κ1) is 26.7. The molecule has 0 unspecified atom stereocenters. The molecule has 0 atom stereocenters. The van der Waals surface area contributed by atoms with Crippen molar-refractivity contribution in [2.45, 2.75) is 24.7 Å². The Morgan fingerprint density at radius 3 is 2.43 bits per heavy atom. The van der Waals surface area contributed by atoms with E-state index in [-0.39, 0.29) is 5.91 Å². The van der Waals surface area contributed by atoms with Crippen LogP contribution >= 0.6 is 24.2 Å². The van der Waals surface area contributed by atoms with Crippen LogP contribution in [0.4, 0.5) is 5.69 Å². The van der Waals surface area contributed by atoms with Gasteiger partial charge in [0.2, 0.25) is 5.91 Å². The number of nitrogens with one attached hydrogen (secondary N) is 1. The maximum absolute atomic E-state index is 12.4. The standard InChI is InChI=1S/C28H30ClNO4S/c1-3-4-15-33-16-17-34-24-10-5-20(6-11-24)22-18-21(28(32-2)26(29)19-22)7-14-27(31)30-23-8-12-25(35)13-9-23/h5-14,18-19,35H,3-4,15-17H2,1-2H3,(H,30,31)/b14-7+. The number of ether oxygens (including phenoxy) is 3. The zero-order valence-electron chi connectivity index (χ0n) is 19.9. The molecule has 0 fully saturated rings. The molecule has 35 heavy (non-hydrogen) atoms. The van der Waals surface area contributed by atoms with Crippen molar-refractivity contribution in [3.05, 3.63) is 77.3 Å². The fourth-order valence-corrected chi connectivity index (χ4v) is 3.78. The molecular weight excluding hydrogens is 482 g/mol. The van der Waals surface area contributed by atoms with Crippen LogP contribution in [0.3, 0.4) is 0 Å². The first-order valence-corrected chi connectivity index (χ1v) is 12.3. The van der Waals surface area contributed by atoms with Gasteiger partial charge in [0.1, 0.15) is 18.1 Å². The molecule has 3 aromatic rings. The van der Waals surface area contributed by atoms with Gasteiger partial charge >= 0.3 is 0 Å². The molecule has 7 heteroatoms. The van der Waals surface area contributed by atoms with Crippen LogP contribution in [0.15, 0.2) is 71.6 Å². The Labute approximate surface area is 217 Å². The van der Waals surface area contributed by atoms with Gasteiger partial charge in [0, 0.05) is 28.8 Å². The van der Waals surface area contributed by atoms with E-state index < -0.39 is 0 Å². The highest BCUT2D eigenvalue weighted by Gasteiger charge is 2.11. The zero-order chi connectivity index (χ0) is 25.0. The number of anilines is 1. The number of benzene rings is 3. The summed E-state index contributed by atoms with van der Waals surface area (Å²) in [5, 5.41) is 3.28. The van der Waals surface area contributed by atoms with Crippen LogP contribution in [0, 0.1) is 0 Å². The summed E-state index contributed by atoms with van der Waals surface area (Å²) in [5.74, 6) is 1.01. The molecule has 0 aromatic heterocycles. The molecular formula is C28H30ClNO4S. The lowest BCUT2D eigenvalue weighted by Crippen LogP contribution is -2.07. The summed E-state index contributed by atoms with van der Waals surface area (Å²) in [6.07, 6.45) is 5.32. The predicted molar refractivity (Wildman–Crippen MR) is 146 cm³/mol. The maximum Gasteiger partial charge on any atom is 0.248 e. The smallest absolute Gasteiger partial charge is 0.248 e. The number of carbonyl (C=O) groups excluding carboxylic acids is 1. The van der Waals surface area contributed by atoms with Gasteiger partial charge in [-0.25, -0.2) is 0 Å². The number of unbranched alkanes of at least 4 members (excludes halogenated alkanes) is 1. The highest BCUT2D eigenvalue weighted by atomic mass is 35.5. The second-order valence-electron chi connectivity index (χ2n) is 7.79. The van der Waals surface area contributed by atoms with Crippen LogP contribution in [0.5, 0.6) is 11.5 Å². The van der Waals surface area contributed by atoms with Crippen molar-refractivity contribution in [2.75, 3.05) is 32.2 Å². The van der Waals surface area contributed by atoms with E-state index in [4.69, 9.17) is 25.8 Å². The van der Waals surface area contributed by atoms with Crippen LogP contribution in [0.2, 0.25) is 5.02 Å². The van der Waals surface area contributed by atoms with E-state index in [9.17, 15) is 4.79 Å². The van der Waals surface area contributed by atoms with Gasteiger partial charge in [0.25, 0.3) is 0 Å². The average Bonchev–Trinajstić information content (AvgIpc) is 2.86.